The topological polar surface area (TPSA) is 65.1 Å². The standard InChI is InChI=1S/C23H32FNO5/c1-23(2,3)29-22(27)25-21(17-7-5-4-6-8-17)28-14-13-19(30-25)15-20(26)16-9-11-18(24)12-10-16/h9-12,17,19,21H,4-8,13-15H2,1-3H3/t19-,21+/m0/s1. The van der Waals surface area contributed by atoms with Crippen LogP contribution in [-0.4, -0.2) is 41.5 Å². The van der Waals surface area contributed by atoms with E-state index in [-0.39, 0.29) is 18.1 Å². The van der Waals surface area contributed by atoms with Crippen LogP contribution in [0.25, 0.3) is 0 Å². The van der Waals surface area contributed by atoms with Crippen molar-refractivity contribution in [2.75, 3.05) is 6.61 Å². The van der Waals surface area contributed by atoms with Gasteiger partial charge in [-0.25, -0.2) is 9.18 Å². The Kier molecular flexibility index (Phi) is 7.47. The molecule has 166 valence electrons. The molecule has 1 amide bonds. The highest BCUT2D eigenvalue weighted by atomic mass is 19.1. The van der Waals surface area contributed by atoms with E-state index in [0.29, 0.717) is 18.6 Å². The molecule has 0 N–H and O–H groups in total. The molecule has 1 heterocycles. The fourth-order valence-electron chi connectivity index (χ4n) is 3.96. The first kappa shape index (κ1) is 22.7. The number of ketones is 1. The molecule has 0 radical (unpaired) electrons. The van der Waals surface area contributed by atoms with Crippen molar-refractivity contribution in [1.82, 2.24) is 5.06 Å². The monoisotopic (exact) mass is 421 g/mol. The third-order valence-electron chi connectivity index (χ3n) is 5.43. The number of nitrogens with zero attached hydrogens (tertiary/aromatic N) is 1. The maximum atomic E-state index is 13.1. The third-order valence-corrected chi connectivity index (χ3v) is 5.43. The number of hydrogen-bond acceptors (Lipinski definition) is 5. The van der Waals surface area contributed by atoms with E-state index in [0.717, 1.165) is 25.7 Å². The minimum atomic E-state index is -0.677. The highest BCUT2D eigenvalue weighted by molar-refractivity contribution is 5.96. The van der Waals surface area contributed by atoms with Gasteiger partial charge in [0.1, 0.15) is 11.4 Å². The lowest BCUT2D eigenvalue weighted by molar-refractivity contribution is -0.248. The quantitative estimate of drug-likeness (QED) is 0.620. The molecule has 0 bridgehead atoms. The number of benzene rings is 1. The number of hydrogen-bond donors (Lipinski definition) is 0. The number of halogens is 1. The van der Waals surface area contributed by atoms with Crippen LogP contribution in [0.15, 0.2) is 24.3 Å². The van der Waals surface area contributed by atoms with Gasteiger partial charge in [0.05, 0.1) is 12.7 Å². The summed E-state index contributed by atoms with van der Waals surface area (Å²) in [7, 11) is 0. The maximum Gasteiger partial charge on any atom is 0.437 e. The Hall–Kier alpha value is -1.99. The molecule has 2 atom stereocenters. The molecule has 1 aromatic carbocycles. The molecular formula is C23H32FNO5. The van der Waals surface area contributed by atoms with Gasteiger partial charge in [-0.15, -0.1) is 0 Å². The number of Topliss-reactive ketones (excluding diaryl/α,β-unsaturated/α-hetero) is 1. The zero-order valence-electron chi connectivity index (χ0n) is 18.1. The summed E-state index contributed by atoms with van der Waals surface area (Å²) >= 11 is 0. The van der Waals surface area contributed by atoms with E-state index in [2.05, 4.69) is 0 Å². The minimum Gasteiger partial charge on any atom is -0.442 e. The van der Waals surface area contributed by atoms with Gasteiger partial charge in [0.15, 0.2) is 12.0 Å². The van der Waals surface area contributed by atoms with Gasteiger partial charge in [0.25, 0.3) is 0 Å². The summed E-state index contributed by atoms with van der Waals surface area (Å²) in [6.45, 7) is 5.79. The summed E-state index contributed by atoms with van der Waals surface area (Å²) in [6.07, 6.45) is 4.22. The normalized spacial score (nSPS) is 23.7. The fraction of sp³-hybridized carbons (Fsp3) is 0.652. The largest absolute Gasteiger partial charge is 0.442 e. The van der Waals surface area contributed by atoms with Gasteiger partial charge >= 0.3 is 6.09 Å². The highest BCUT2D eigenvalue weighted by Gasteiger charge is 2.40. The van der Waals surface area contributed by atoms with Crippen molar-refractivity contribution in [3.05, 3.63) is 35.6 Å². The summed E-state index contributed by atoms with van der Waals surface area (Å²) in [5.74, 6) is -0.379. The lowest BCUT2D eigenvalue weighted by atomic mass is 9.88. The maximum absolute atomic E-state index is 13.1. The van der Waals surface area contributed by atoms with Crippen LogP contribution in [0.2, 0.25) is 0 Å². The molecular weight excluding hydrogens is 389 g/mol. The van der Waals surface area contributed by atoms with E-state index >= 15 is 0 Å². The number of carbonyl (C=O) groups is 2. The Labute approximate surface area is 177 Å². The van der Waals surface area contributed by atoms with E-state index < -0.39 is 29.8 Å². The molecule has 0 spiro atoms. The van der Waals surface area contributed by atoms with E-state index in [1.165, 1.54) is 35.7 Å². The number of ether oxygens (including phenoxy) is 2. The molecule has 3 rings (SSSR count). The van der Waals surface area contributed by atoms with Crippen LogP contribution < -0.4 is 0 Å². The number of amides is 1. The first-order valence-corrected chi connectivity index (χ1v) is 10.8. The molecule has 2 aliphatic rings. The average Bonchev–Trinajstić information content (AvgIpc) is 2.90. The van der Waals surface area contributed by atoms with Crippen molar-refractivity contribution < 1.29 is 28.3 Å². The summed E-state index contributed by atoms with van der Waals surface area (Å²) in [5, 5.41) is 1.22. The lowest BCUT2D eigenvalue weighted by Gasteiger charge is -2.37. The molecule has 6 nitrogen and oxygen atoms in total. The van der Waals surface area contributed by atoms with Crippen molar-refractivity contribution in [3.8, 4) is 0 Å². The van der Waals surface area contributed by atoms with Gasteiger partial charge in [-0.05, 0) is 57.9 Å². The fourth-order valence-corrected chi connectivity index (χ4v) is 3.96. The van der Waals surface area contributed by atoms with E-state index in [4.69, 9.17) is 14.3 Å². The third kappa shape index (κ3) is 6.25. The Bertz CT molecular complexity index is 724. The zero-order valence-corrected chi connectivity index (χ0v) is 18.1. The van der Waals surface area contributed by atoms with Gasteiger partial charge in [0, 0.05) is 24.3 Å². The molecule has 30 heavy (non-hydrogen) atoms. The molecule has 1 saturated carbocycles. The van der Waals surface area contributed by atoms with Crippen molar-refractivity contribution in [2.24, 2.45) is 5.92 Å². The first-order chi connectivity index (χ1) is 14.2. The predicted octanol–water partition coefficient (Wildman–Crippen LogP) is 5.26. The summed E-state index contributed by atoms with van der Waals surface area (Å²) in [5.41, 5.74) is -0.263. The summed E-state index contributed by atoms with van der Waals surface area (Å²) < 4.78 is 24.8. The second kappa shape index (κ2) is 9.88. The van der Waals surface area contributed by atoms with Gasteiger partial charge in [-0.3, -0.25) is 9.63 Å². The van der Waals surface area contributed by atoms with E-state index in [1.807, 2.05) is 0 Å². The summed E-state index contributed by atoms with van der Waals surface area (Å²) in [4.78, 5) is 31.6. The van der Waals surface area contributed by atoms with E-state index in [1.54, 1.807) is 20.8 Å². The average molecular weight is 422 g/mol. The Morgan fingerprint density at radius 3 is 2.40 bits per heavy atom. The van der Waals surface area contributed by atoms with Crippen LogP contribution in [-0.2, 0) is 14.3 Å². The smallest absolute Gasteiger partial charge is 0.437 e. The molecule has 2 fully saturated rings. The Morgan fingerprint density at radius 2 is 1.77 bits per heavy atom. The van der Waals surface area contributed by atoms with Gasteiger partial charge in [-0.1, -0.05) is 19.3 Å². The SMILES string of the molecule is CC(C)(C)OC(=O)N1O[C@H](CC(=O)c2ccc(F)cc2)CCO[C@@H]1C1CCCCC1. The minimum absolute atomic E-state index is 0.0751. The Balaban J connectivity index is 1.74. The second-order valence-corrected chi connectivity index (χ2v) is 9.12. The van der Waals surface area contributed by atoms with Crippen LogP contribution >= 0.6 is 0 Å². The van der Waals surface area contributed by atoms with Crippen LogP contribution in [0.1, 0.15) is 76.1 Å². The first-order valence-electron chi connectivity index (χ1n) is 10.8. The van der Waals surface area contributed by atoms with Crippen LogP contribution in [0.4, 0.5) is 9.18 Å². The van der Waals surface area contributed by atoms with Crippen molar-refractivity contribution in [1.29, 1.82) is 0 Å². The van der Waals surface area contributed by atoms with Gasteiger partial charge in [-0.2, -0.15) is 5.06 Å². The number of carbonyl (C=O) groups excluding carboxylic acids is 2. The Morgan fingerprint density at radius 1 is 1.10 bits per heavy atom. The molecule has 1 aromatic rings. The molecule has 0 unspecified atom stereocenters. The number of hydroxylamine groups is 2. The summed E-state index contributed by atoms with van der Waals surface area (Å²) in [6, 6.07) is 5.44. The molecule has 7 heteroatoms. The molecule has 1 aliphatic carbocycles. The second-order valence-electron chi connectivity index (χ2n) is 9.12. The van der Waals surface area contributed by atoms with Gasteiger partial charge in [0.2, 0.25) is 0 Å². The molecule has 1 saturated heterocycles. The lowest BCUT2D eigenvalue weighted by Crippen LogP contribution is -2.48. The van der Waals surface area contributed by atoms with Crippen LogP contribution in [0.3, 0.4) is 0 Å². The van der Waals surface area contributed by atoms with Crippen LogP contribution in [0.5, 0.6) is 0 Å². The highest BCUT2D eigenvalue weighted by Crippen LogP contribution is 2.33. The molecule has 1 aliphatic heterocycles. The van der Waals surface area contributed by atoms with Crippen molar-refractivity contribution >= 4 is 11.9 Å². The van der Waals surface area contributed by atoms with Crippen molar-refractivity contribution in [2.45, 2.75) is 83.6 Å². The van der Waals surface area contributed by atoms with Crippen molar-refractivity contribution in [3.63, 3.8) is 0 Å². The van der Waals surface area contributed by atoms with Crippen LogP contribution in [0, 0.1) is 11.7 Å². The van der Waals surface area contributed by atoms with Gasteiger partial charge < -0.3 is 9.47 Å². The molecule has 0 aromatic heterocycles. The number of rotatable bonds is 4. The van der Waals surface area contributed by atoms with E-state index in [9.17, 15) is 14.0 Å². The predicted molar refractivity (Wildman–Crippen MR) is 109 cm³/mol. The zero-order chi connectivity index (χ0) is 21.7.